The summed E-state index contributed by atoms with van der Waals surface area (Å²) in [6.45, 7) is 8.88. The standard InChI is InChI=1S/C60H62O2/c1-5-9-33-59(61,34-10-6-2)57-39-55-49-27-19-15-23-45(49)43-21-13-17-25-47(43)53(55)37-51(57)41-29-31-42(32-30-41)52-38-54-48-26-18-14-22-44(48)46-24-16-20-28-50(46)56(54)40-58(52)60(62,35-11-7-3)36-12-8-4/h13-32,37-40,61-62H,5-12,33-36H2,1-4H3. The van der Waals surface area contributed by atoms with Crippen molar-refractivity contribution in [3.05, 3.63) is 157 Å². The van der Waals surface area contributed by atoms with Crippen molar-refractivity contribution in [1.29, 1.82) is 0 Å². The first kappa shape index (κ1) is 41.8. The van der Waals surface area contributed by atoms with Crippen LogP contribution in [-0.2, 0) is 11.2 Å². The first-order chi connectivity index (χ1) is 30.3. The van der Waals surface area contributed by atoms with E-state index in [4.69, 9.17) is 0 Å². The van der Waals surface area contributed by atoms with Gasteiger partial charge >= 0.3 is 0 Å². The van der Waals surface area contributed by atoms with Gasteiger partial charge in [0.25, 0.3) is 0 Å². The van der Waals surface area contributed by atoms with Crippen LogP contribution in [0.25, 0.3) is 86.9 Å². The van der Waals surface area contributed by atoms with Crippen LogP contribution in [0.15, 0.2) is 146 Å². The van der Waals surface area contributed by atoms with Crippen LogP contribution < -0.4 is 0 Å². The Kier molecular flexibility index (Phi) is 11.9. The first-order valence-electron chi connectivity index (χ1n) is 23.6. The quantitative estimate of drug-likeness (QED) is 0.0954. The van der Waals surface area contributed by atoms with Gasteiger partial charge in [-0.1, -0.05) is 200 Å². The summed E-state index contributed by atoms with van der Waals surface area (Å²) in [7, 11) is 0. The summed E-state index contributed by atoms with van der Waals surface area (Å²) in [5.74, 6) is 0. The lowest BCUT2D eigenvalue weighted by Crippen LogP contribution is -2.27. The third-order valence-corrected chi connectivity index (χ3v) is 14.0. The molecule has 0 radical (unpaired) electrons. The van der Waals surface area contributed by atoms with Gasteiger partial charge in [-0.3, -0.25) is 0 Å². The van der Waals surface area contributed by atoms with Gasteiger partial charge in [0, 0.05) is 0 Å². The largest absolute Gasteiger partial charge is 0.385 e. The second kappa shape index (κ2) is 17.7. The van der Waals surface area contributed by atoms with Crippen molar-refractivity contribution in [2.75, 3.05) is 0 Å². The molecule has 0 unspecified atom stereocenters. The van der Waals surface area contributed by atoms with E-state index >= 15 is 0 Å². The number of fused-ring (bicyclic) bond motifs is 12. The van der Waals surface area contributed by atoms with Gasteiger partial charge in [-0.05, 0) is 148 Å². The number of aliphatic hydroxyl groups is 2. The van der Waals surface area contributed by atoms with Crippen molar-refractivity contribution in [2.24, 2.45) is 0 Å². The Hall–Kier alpha value is -5.54. The van der Waals surface area contributed by atoms with Crippen LogP contribution in [0.1, 0.15) is 116 Å². The van der Waals surface area contributed by atoms with Crippen molar-refractivity contribution < 1.29 is 10.2 Å². The van der Waals surface area contributed by atoms with Gasteiger partial charge < -0.3 is 10.2 Å². The SMILES string of the molecule is CCCCC(O)(CCCC)c1cc2c3ccccc3c3ccccc3c2cc1-c1ccc(-c2cc3c4ccccc4c4ccccc4c3cc2C(O)(CCCC)CCCC)cc1. The van der Waals surface area contributed by atoms with Crippen LogP contribution in [0.5, 0.6) is 0 Å². The van der Waals surface area contributed by atoms with Crippen LogP contribution in [0, 0.1) is 0 Å². The lowest BCUT2D eigenvalue weighted by molar-refractivity contribution is 0.0144. The van der Waals surface area contributed by atoms with Crippen molar-refractivity contribution in [3.8, 4) is 22.3 Å². The van der Waals surface area contributed by atoms with Crippen LogP contribution in [0.2, 0.25) is 0 Å². The smallest absolute Gasteiger partial charge is 0.0902 e. The minimum atomic E-state index is -0.967. The summed E-state index contributed by atoms with van der Waals surface area (Å²) in [6, 6.07) is 53.6. The molecule has 0 heterocycles. The molecule has 0 aliphatic carbocycles. The predicted octanol–water partition coefficient (Wildman–Crippen LogP) is 17.1. The van der Waals surface area contributed by atoms with E-state index < -0.39 is 11.2 Å². The van der Waals surface area contributed by atoms with E-state index in [-0.39, 0.29) is 0 Å². The van der Waals surface area contributed by atoms with Crippen molar-refractivity contribution in [2.45, 2.75) is 116 Å². The molecule has 0 aromatic heterocycles. The van der Waals surface area contributed by atoms with Crippen molar-refractivity contribution in [3.63, 3.8) is 0 Å². The van der Waals surface area contributed by atoms with E-state index in [9.17, 15) is 10.2 Å². The Bertz CT molecular complexity index is 2820. The average Bonchev–Trinajstić information content (AvgIpc) is 3.33. The zero-order valence-electron chi connectivity index (χ0n) is 37.2. The van der Waals surface area contributed by atoms with E-state index in [1.807, 2.05) is 0 Å². The molecule has 9 aromatic rings. The van der Waals surface area contributed by atoms with Gasteiger partial charge in [-0.25, -0.2) is 0 Å². The van der Waals surface area contributed by atoms with Gasteiger partial charge in [-0.2, -0.15) is 0 Å². The van der Waals surface area contributed by atoms with E-state index in [2.05, 4.69) is 173 Å². The van der Waals surface area contributed by atoms with E-state index in [0.717, 1.165) is 110 Å². The highest BCUT2D eigenvalue weighted by Crippen LogP contribution is 2.47. The normalized spacial score (nSPS) is 12.5. The monoisotopic (exact) mass is 814 g/mol. The van der Waals surface area contributed by atoms with Gasteiger partial charge in [0.05, 0.1) is 11.2 Å². The fourth-order valence-electron chi connectivity index (χ4n) is 10.6. The van der Waals surface area contributed by atoms with Crippen LogP contribution in [0.3, 0.4) is 0 Å². The fraction of sp³-hybridized carbons (Fsp3) is 0.300. The number of hydrogen-bond donors (Lipinski definition) is 2. The maximum Gasteiger partial charge on any atom is 0.0902 e. The molecule has 0 saturated heterocycles. The molecule has 0 bridgehead atoms. The number of rotatable bonds is 16. The molecular weight excluding hydrogens is 753 g/mol. The Morgan fingerprint density at radius 3 is 0.774 bits per heavy atom. The summed E-state index contributed by atoms with van der Waals surface area (Å²) in [4.78, 5) is 0. The first-order valence-corrected chi connectivity index (χ1v) is 23.6. The molecular formula is C60H62O2. The molecule has 314 valence electrons. The highest BCUT2D eigenvalue weighted by molar-refractivity contribution is 6.27. The van der Waals surface area contributed by atoms with Gasteiger partial charge in [-0.15, -0.1) is 0 Å². The molecule has 2 N–H and O–H groups in total. The molecule has 62 heavy (non-hydrogen) atoms. The molecule has 0 amide bonds. The lowest BCUT2D eigenvalue weighted by atomic mass is 9.77. The van der Waals surface area contributed by atoms with Crippen molar-refractivity contribution >= 4 is 64.6 Å². The molecule has 0 aliphatic heterocycles. The fourth-order valence-corrected chi connectivity index (χ4v) is 10.6. The molecule has 0 saturated carbocycles. The topological polar surface area (TPSA) is 40.5 Å². The molecule has 9 aromatic carbocycles. The zero-order valence-corrected chi connectivity index (χ0v) is 37.2. The number of unbranched alkanes of at least 4 members (excludes halogenated alkanes) is 4. The average molecular weight is 815 g/mol. The van der Waals surface area contributed by atoms with Crippen LogP contribution in [0.4, 0.5) is 0 Å². The third kappa shape index (κ3) is 7.46. The second-order valence-electron chi connectivity index (χ2n) is 18.1. The van der Waals surface area contributed by atoms with Crippen molar-refractivity contribution in [1.82, 2.24) is 0 Å². The molecule has 0 aliphatic rings. The number of hydrogen-bond acceptors (Lipinski definition) is 2. The minimum Gasteiger partial charge on any atom is -0.385 e. The Balaban J connectivity index is 1.30. The number of benzene rings is 9. The molecule has 0 spiro atoms. The van der Waals surface area contributed by atoms with Gasteiger partial charge in [0.1, 0.15) is 0 Å². The third-order valence-electron chi connectivity index (χ3n) is 14.0. The van der Waals surface area contributed by atoms with Gasteiger partial charge in [0.15, 0.2) is 0 Å². The molecule has 0 fully saturated rings. The lowest BCUT2D eigenvalue weighted by Gasteiger charge is -2.32. The molecule has 0 atom stereocenters. The predicted molar refractivity (Wildman–Crippen MR) is 268 cm³/mol. The Morgan fingerprint density at radius 2 is 0.532 bits per heavy atom. The van der Waals surface area contributed by atoms with Crippen LogP contribution in [-0.4, -0.2) is 10.2 Å². The van der Waals surface area contributed by atoms with Gasteiger partial charge in [0.2, 0.25) is 0 Å². The Morgan fingerprint density at radius 1 is 0.306 bits per heavy atom. The summed E-state index contributed by atoms with van der Waals surface area (Å²) in [5, 5.41) is 40.6. The van der Waals surface area contributed by atoms with E-state index in [0.29, 0.717) is 0 Å². The maximum atomic E-state index is 13.0. The molecule has 2 nitrogen and oxygen atoms in total. The summed E-state index contributed by atoms with van der Waals surface area (Å²) in [6.07, 6.45) is 10.9. The molecule has 9 rings (SSSR count). The zero-order chi connectivity index (χ0) is 42.8. The molecule has 2 heteroatoms. The Labute approximate surface area is 368 Å². The highest BCUT2D eigenvalue weighted by atomic mass is 16.3. The summed E-state index contributed by atoms with van der Waals surface area (Å²) >= 11 is 0. The summed E-state index contributed by atoms with van der Waals surface area (Å²) < 4.78 is 0. The van der Waals surface area contributed by atoms with Crippen LogP contribution >= 0.6 is 0 Å². The second-order valence-corrected chi connectivity index (χ2v) is 18.1. The van der Waals surface area contributed by atoms with E-state index in [1.165, 1.54) is 64.6 Å². The maximum absolute atomic E-state index is 13.0. The van der Waals surface area contributed by atoms with E-state index in [1.54, 1.807) is 0 Å². The minimum absolute atomic E-state index is 0.725. The summed E-state index contributed by atoms with van der Waals surface area (Å²) in [5.41, 5.74) is 4.50. The highest BCUT2D eigenvalue weighted by Gasteiger charge is 2.34.